The van der Waals surface area contributed by atoms with Crippen LogP contribution in [0.3, 0.4) is 0 Å². The molecule has 0 amide bonds. The summed E-state index contributed by atoms with van der Waals surface area (Å²) in [4.78, 5) is 21.4. The van der Waals surface area contributed by atoms with Gasteiger partial charge in [0.15, 0.2) is 0 Å². The summed E-state index contributed by atoms with van der Waals surface area (Å²) in [5.74, 6) is 1.60. The molecule has 0 aliphatic carbocycles. The summed E-state index contributed by atoms with van der Waals surface area (Å²) in [5.41, 5.74) is 16.4. The molecule has 4 aromatic heterocycles. The van der Waals surface area contributed by atoms with E-state index in [0.29, 0.717) is 0 Å². The maximum Gasteiger partial charge on any atom is 0.142 e. The lowest BCUT2D eigenvalue weighted by atomic mass is 10.0. The van der Waals surface area contributed by atoms with Crippen LogP contribution >= 0.6 is 11.8 Å². The second-order valence-corrected chi connectivity index (χ2v) is 18.4. The molecular weight excluding hydrogens is 873 g/mol. The molecule has 70 heavy (non-hydrogen) atoms. The Morgan fingerprint density at radius 2 is 0.729 bits per heavy atom. The van der Waals surface area contributed by atoms with Crippen LogP contribution in [0.2, 0.25) is 0 Å². The van der Waals surface area contributed by atoms with Gasteiger partial charge >= 0.3 is 0 Å². The van der Waals surface area contributed by atoms with E-state index >= 15 is 0 Å². The lowest BCUT2D eigenvalue weighted by Gasteiger charge is -2.33. The summed E-state index contributed by atoms with van der Waals surface area (Å²) in [6.45, 7) is 0. The Hall–Kier alpha value is -9.04. The number of anilines is 6. The van der Waals surface area contributed by atoms with Gasteiger partial charge in [-0.25, -0.2) is 4.98 Å². The standard InChI is InChI=1S/C63H42N6S/c1-3-11-43(12-4-1)49-23-29-56-54(39-49)55-40-50(44-13-5-2-6-14-44)24-30-57(55)68(56)62-41-53(42-63(66-62)69-58-15-7-9-17-60(58)70-61-18-10-8-16-59(61)69)67(51-25-19-45(20-26-51)47-31-35-64-36-32-47)52-27-21-46(22-28-52)48-33-37-65-38-34-48/h1-42H. The van der Waals surface area contributed by atoms with Crippen LogP contribution in [0.4, 0.5) is 34.3 Å². The molecule has 13 rings (SSSR count). The van der Waals surface area contributed by atoms with E-state index in [1.165, 1.54) is 20.9 Å². The zero-order chi connectivity index (χ0) is 46.4. The van der Waals surface area contributed by atoms with Crippen molar-refractivity contribution in [2.24, 2.45) is 0 Å². The monoisotopic (exact) mass is 914 g/mol. The summed E-state index contributed by atoms with van der Waals surface area (Å²) in [6, 6.07) is 82.6. The predicted octanol–water partition coefficient (Wildman–Crippen LogP) is 17.0. The average molecular weight is 915 g/mol. The summed E-state index contributed by atoms with van der Waals surface area (Å²) in [6.07, 6.45) is 7.37. The SMILES string of the molecule is c1ccc(-c2ccc3c(c2)c2cc(-c4ccccc4)ccc2n3-c2cc(N(c3ccc(-c4ccncc4)cc3)c3ccc(-c4ccncc4)cc3)cc(N3c4ccccc4Sc4ccccc43)n2)cc1. The van der Waals surface area contributed by atoms with Crippen molar-refractivity contribution >= 4 is 67.8 Å². The third-order valence-electron chi connectivity index (χ3n) is 13.2. The van der Waals surface area contributed by atoms with Gasteiger partial charge < -0.3 is 4.90 Å². The summed E-state index contributed by atoms with van der Waals surface area (Å²) < 4.78 is 2.36. The molecule has 0 saturated heterocycles. The molecule has 0 radical (unpaired) electrons. The van der Waals surface area contributed by atoms with E-state index in [4.69, 9.17) is 4.98 Å². The van der Waals surface area contributed by atoms with Gasteiger partial charge in [0, 0.05) is 68.9 Å². The maximum atomic E-state index is 5.78. The van der Waals surface area contributed by atoms with Gasteiger partial charge in [0.2, 0.25) is 0 Å². The van der Waals surface area contributed by atoms with Crippen molar-refractivity contribution in [2.75, 3.05) is 9.80 Å². The van der Waals surface area contributed by atoms with E-state index < -0.39 is 0 Å². The third kappa shape index (κ3) is 7.46. The molecule has 0 fully saturated rings. The fourth-order valence-corrected chi connectivity index (χ4v) is 10.9. The number of nitrogens with zero attached hydrogens (tertiary/aromatic N) is 6. The Bertz CT molecular complexity index is 3620. The second kappa shape index (κ2) is 17.6. The highest BCUT2D eigenvalue weighted by molar-refractivity contribution is 7.99. The quantitative estimate of drug-likeness (QED) is 0.144. The van der Waals surface area contributed by atoms with E-state index in [1.54, 1.807) is 11.8 Å². The molecule has 0 saturated carbocycles. The molecule has 1 aliphatic heterocycles. The highest BCUT2D eigenvalue weighted by Crippen LogP contribution is 2.52. The zero-order valence-electron chi connectivity index (χ0n) is 37.8. The summed E-state index contributed by atoms with van der Waals surface area (Å²) in [7, 11) is 0. The number of para-hydroxylation sites is 2. The van der Waals surface area contributed by atoms with Gasteiger partial charge in [-0.05, 0) is 142 Å². The highest BCUT2D eigenvalue weighted by Gasteiger charge is 2.28. The number of hydrogen-bond acceptors (Lipinski definition) is 6. The first kappa shape index (κ1) is 41.2. The first-order valence-electron chi connectivity index (χ1n) is 23.4. The lowest BCUT2D eigenvalue weighted by molar-refractivity contribution is 1.04. The zero-order valence-corrected chi connectivity index (χ0v) is 38.7. The number of fused-ring (bicyclic) bond motifs is 5. The second-order valence-electron chi connectivity index (χ2n) is 17.3. The van der Waals surface area contributed by atoms with Crippen LogP contribution in [-0.2, 0) is 0 Å². The van der Waals surface area contributed by atoms with Crippen molar-refractivity contribution in [3.8, 4) is 50.3 Å². The van der Waals surface area contributed by atoms with Crippen LogP contribution in [-0.4, -0.2) is 19.5 Å². The molecule has 6 nitrogen and oxygen atoms in total. The predicted molar refractivity (Wildman–Crippen MR) is 289 cm³/mol. The van der Waals surface area contributed by atoms with Crippen LogP contribution in [0.25, 0.3) is 72.1 Å². The molecule has 0 bridgehead atoms. The molecule has 5 heterocycles. The maximum absolute atomic E-state index is 5.78. The van der Waals surface area contributed by atoms with E-state index in [9.17, 15) is 0 Å². The Kier molecular flexibility index (Phi) is 10.3. The first-order valence-corrected chi connectivity index (χ1v) is 24.2. The Morgan fingerprint density at radius 1 is 0.329 bits per heavy atom. The Morgan fingerprint density at radius 3 is 1.21 bits per heavy atom. The third-order valence-corrected chi connectivity index (χ3v) is 14.3. The van der Waals surface area contributed by atoms with Crippen LogP contribution < -0.4 is 9.80 Å². The van der Waals surface area contributed by atoms with E-state index in [0.717, 1.165) is 95.3 Å². The summed E-state index contributed by atoms with van der Waals surface area (Å²) in [5, 5.41) is 2.31. The molecular formula is C63H42N6S. The highest BCUT2D eigenvalue weighted by atomic mass is 32.2. The van der Waals surface area contributed by atoms with E-state index in [1.807, 2.05) is 24.8 Å². The summed E-state index contributed by atoms with van der Waals surface area (Å²) >= 11 is 1.80. The van der Waals surface area contributed by atoms with Crippen molar-refractivity contribution in [1.82, 2.24) is 19.5 Å². The molecule has 0 N–H and O–H groups in total. The normalized spacial score (nSPS) is 11.9. The van der Waals surface area contributed by atoms with Gasteiger partial charge in [-0.3, -0.25) is 19.4 Å². The molecule has 0 unspecified atom stereocenters. The number of benzene rings is 8. The van der Waals surface area contributed by atoms with Crippen molar-refractivity contribution in [2.45, 2.75) is 9.79 Å². The molecule has 7 heteroatoms. The fraction of sp³-hybridized carbons (Fsp3) is 0. The molecule has 0 spiro atoms. The minimum absolute atomic E-state index is 0.799. The average Bonchev–Trinajstić information content (AvgIpc) is 3.77. The van der Waals surface area contributed by atoms with Gasteiger partial charge in [-0.15, -0.1) is 0 Å². The topological polar surface area (TPSA) is 50.1 Å². The van der Waals surface area contributed by atoms with Crippen LogP contribution in [0.5, 0.6) is 0 Å². The van der Waals surface area contributed by atoms with Crippen molar-refractivity contribution in [3.63, 3.8) is 0 Å². The van der Waals surface area contributed by atoms with E-state index in [-0.39, 0.29) is 0 Å². The smallest absolute Gasteiger partial charge is 0.142 e. The molecule has 0 atom stereocenters. The minimum atomic E-state index is 0.799. The molecule has 1 aliphatic rings. The number of aromatic nitrogens is 4. The van der Waals surface area contributed by atoms with Gasteiger partial charge in [-0.1, -0.05) is 133 Å². The van der Waals surface area contributed by atoms with Gasteiger partial charge in [-0.2, -0.15) is 0 Å². The lowest BCUT2D eigenvalue weighted by Crippen LogP contribution is -2.18. The largest absolute Gasteiger partial charge is 0.310 e. The Balaban J connectivity index is 1.08. The van der Waals surface area contributed by atoms with Crippen LogP contribution in [0.1, 0.15) is 0 Å². The van der Waals surface area contributed by atoms with Crippen molar-refractivity contribution in [1.29, 1.82) is 0 Å². The number of pyridine rings is 3. The first-order chi connectivity index (χ1) is 34.7. The fourth-order valence-electron chi connectivity index (χ4n) is 9.83. The van der Waals surface area contributed by atoms with Crippen LogP contribution in [0.15, 0.2) is 265 Å². The molecule has 8 aromatic carbocycles. The Labute approximate surface area is 410 Å². The van der Waals surface area contributed by atoms with Crippen molar-refractivity contribution < 1.29 is 0 Å². The van der Waals surface area contributed by atoms with E-state index in [2.05, 4.69) is 255 Å². The number of rotatable bonds is 9. The van der Waals surface area contributed by atoms with Gasteiger partial charge in [0.25, 0.3) is 0 Å². The van der Waals surface area contributed by atoms with Crippen LogP contribution in [0, 0.1) is 0 Å². The van der Waals surface area contributed by atoms with Gasteiger partial charge in [0.1, 0.15) is 11.6 Å². The minimum Gasteiger partial charge on any atom is -0.310 e. The molecule has 330 valence electrons. The number of hydrogen-bond donors (Lipinski definition) is 0. The van der Waals surface area contributed by atoms with Gasteiger partial charge in [0.05, 0.1) is 28.1 Å². The molecule has 12 aromatic rings. The van der Waals surface area contributed by atoms with Crippen molar-refractivity contribution in [3.05, 3.63) is 255 Å².